The maximum Gasteiger partial charge on any atom is 0.302 e. The molecule has 2 bridgehead atoms. The molecule has 10 heteroatoms. The molecular weight excluding hydrogens is 623 g/mol. The Morgan fingerprint density at radius 3 is 2.67 bits per heavy atom. The van der Waals surface area contributed by atoms with Gasteiger partial charge in [-0.25, -0.2) is 0 Å². The zero-order valence-corrected chi connectivity index (χ0v) is 27.9. The molecule has 1 saturated carbocycles. The van der Waals surface area contributed by atoms with Crippen molar-refractivity contribution < 1.29 is 34.0 Å². The molecule has 0 aromatic heterocycles. The summed E-state index contributed by atoms with van der Waals surface area (Å²) >= 11 is 0. The Morgan fingerprint density at radius 1 is 1.02 bits per heavy atom. The largest absolute Gasteiger partial charge is 0.508 e. The third-order valence-electron chi connectivity index (χ3n) is 9.73. The van der Waals surface area contributed by atoms with Crippen LogP contribution in [0.1, 0.15) is 84.8 Å². The fourth-order valence-corrected chi connectivity index (χ4v) is 10.0. The summed E-state index contributed by atoms with van der Waals surface area (Å²) in [5, 5.41) is 25.2. The van der Waals surface area contributed by atoms with Gasteiger partial charge in [-0.05, 0) is 54.2 Å². The van der Waals surface area contributed by atoms with Gasteiger partial charge in [-0.2, -0.15) is 0 Å². The smallest absolute Gasteiger partial charge is 0.302 e. The molecule has 46 heavy (non-hydrogen) atoms. The first-order chi connectivity index (χ1) is 22.4. The summed E-state index contributed by atoms with van der Waals surface area (Å²) in [5.74, 6) is 3.26. The molecule has 0 spiro atoms. The number of rotatable bonds is 8. The van der Waals surface area contributed by atoms with Gasteiger partial charge in [0, 0.05) is 65.3 Å². The van der Waals surface area contributed by atoms with Crippen LogP contribution < -0.4 is 19.5 Å². The summed E-state index contributed by atoms with van der Waals surface area (Å²) < 4.78 is 24.6. The fourth-order valence-electron chi connectivity index (χ4n) is 7.59. The van der Waals surface area contributed by atoms with Crippen molar-refractivity contribution in [2.45, 2.75) is 75.2 Å². The first-order valence-corrected chi connectivity index (χ1v) is 18.7. The van der Waals surface area contributed by atoms with Crippen molar-refractivity contribution >= 4 is 27.6 Å². The van der Waals surface area contributed by atoms with E-state index in [0.717, 1.165) is 56.9 Å². The van der Waals surface area contributed by atoms with Crippen LogP contribution >= 0.6 is 21.6 Å². The van der Waals surface area contributed by atoms with E-state index >= 15 is 0 Å². The number of hydrogen-bond acceptors (Lipinski definition) is 10. The predicted molar refractivity (Wildman–Crippen MR) is 182 cm³/mol. The number of aromatic hydroxyl groups is 2. The van der Waals surface area contributed by atoms with E-state index in [-0.39, 0.29) is 35.9 Å². The monoisotopic (exact) mass is 663 g/mol. The van der Waals surface area contributed by atoms with Crippen molar-refractivity contribution in [1.29, 1.82) is 0 Å². The Labute approximate surface area is 277 Å². The second-order valence-electron chi connectivity index (χ2n) is 12.7. The van der Waals surface area contributed by atoms with Crippen molar-refractivity contribution in [1.82, 2.24) is 5.32 Å². The lowest BCUT2D eigenvalue weighted by Crippen LogP contribution is -2.34. The summed E-state index contributed by atoms with van der Waals surface area (Å²) in [6.07, 6.45) is 6.56. The molecule has 1 fully saturated rings. The second kappa shape index (κ2) is 13.5. The van der Waals surface area contributed by atoms with Crippen LogP contribution in [0.3, 0.4) is 0 Å². The van der Waals surface area contributed by atoms with Gasteiger partial charge >= 0.3 is 5.97 Å². The number of fused-ring (bicyclic) bond motifs is 5. The van der Waals surface area contributed by atoms with Gasteiger partial charge in [0.05, 0.1) is 13.0 Å². The van der Waals surface area contributed by atoms with E-state index in [1.807, 2.05) is 18.2 Å². The third kappa shape index (κ3) is 6.11. The molecular formula is C36H41NO7S2. The zero-order chi connectivity index (χ0) is 31.8. The number of phenolic OH excluding ortho intramolecular Hbond substituents is 2. The van der Waals surface area contributed by atoms with Gasteiger partial charge in [0.15, 0.2) is 11.5 Å². The third-order valence-corrected chi connectivity index (χ3v) is 12.1. The van der Waals surface area contributed by atoms with Gasteiger partial charge in [-0.3, -0.25) is 4.79 Å². The maximum absolute atomic E-state index is 12.1. The maximum atomic E-state index is 12.1. The molecule has 7 rings (SSSR count). The van der Waals surface area contributed by atoms with Crippen LogP contribution in [0, 0.1) is 0 Å². The highest BCUT2D eigenvalue weighted by atomic mass is 33.1. The minimum absolute atomic E-state index is 0.116. The van der Waals surface area contributed by atoms with E-state index in [2.05, 4.69) is 17.4 Å². The van der Waals surface area contributed by atoms with Crippen molar-refractivity contribution in [2.24, 2.45) is 0 Å². The fraction of sp³-hybridized carbons (Fsp3) is 0.472. The van der Waals surface area contributed by atoms with Crippen LogP contribution in [0.5, 0.6) is 28.7 Å². The van der Waals surface area contributed by atoms with E-state index in [4.69, 9.17) is 18.9 Å². The Morgan fingerprint density at radius 2 is 1.87 bits per heavy atom. The van der Waals surface area contributed by atoms with Crippen molar-refractivity contribution in [3.8, 4) is 39.9 Å². The quantitative estimate of drug-likeness (QED) is 0.128. The van der Waals surface area contributed by atoms with E-state index in [0.29, 0.717) is 36.4 Å². The van der Waals surface area contributed by atoms with Gasteiger partial charge in [0.1, 0.15) is 36.6 Å². The van der Waals surface area contributed by atoms with Gasteiger partial charge < -0.3 is 34.5 Å². The molecule has 3 N–H and O–H groups in total. The molecule has 2 aliphatic heterocycles. The Balaban J connectivity index is 1.27. The number of carbonyl (C=O) groups is 1. The average molecular weight is 664 g/mol. The molecule has 0 radical (unpaired) electrons. The highest BCUT2D eigenvalue weighted by Crippen LogP contribution is 2.58. The molecule has 3 aromatic carbocycles. The Kier molecular flexibility index (Phi) is 9.21. The van der Waals surface area contributed by atoms with Crippen molar-refractivity contribution in [3.05, 3.63) is 64.2 Å². The second-order valence-corrected chi connectivity index (χ2v) is 15.2. The lowest BCUT2D eigenvalue weighted by atomic mass is 9.77. The normalized spacial score (nSPS) is 21.7. The number of carbonyl (C=O) groups excluding carboxylic acids is 1. The van der Waals surface area contributed by atoms with E-state index in [1.54, 1.807) is 34.8 Å². The Bertz CT molecular complexity index is 1620. The number of methoxy groups -OCH3 is 1. The molecule has 2 heterocycles. The average Bonchev–Trinajstić information content (AvgIpc) is 3.41. The summed E-state index contributed by atoms with van der Waals surface area (Å²) in [6.45, 7) is 2.76. The van der Waals surface area contributed by atoms with Crippen molar-refractivity contribution in [3.63, 3.8) is 0 Å². The first-order valence-electron chi connectivity index (χ1n) is 16.2. The highest BCUT2D eigenvalue weighted by Gasteiger charge is 2.43. The van der Waals surface area contributed by atoms with E-state index in [1.165, 1.54) is 39.0 Å². The van der Waals surface area contributed by atoms with E-state index < -0.39 is 6.10 Å². The number of hydrogen-bond donors (Lipinski definition) is 3. The van der Waals surface area contributed by atoms with Crippen LogP contribution in [0.25, 0.3) is 11.1 Å². The number of esters is 1. The molecule has 0 amide bonds. The summed E-state index contributed by atoms with van der Waals surface area (Å²) in [4.78, 5) is 12.1. The molecule has 244 valence electrons. The molecule has 0 unspecified atom stereocenters. The SMILES string of the molecule is COc1cc(O)cc2c1-c1ccc3c4c1[C@@H](CSSCc1cc(O)c(OCCNC5CCCCC5)cc1[C@@H](O4)[C@H]3COC(C)=O)C2. The van der Waals surface area contributed by atoms with Crippen LogP contribution in [-0.4, -0.2) is 54.8 Å². The number of phenols is 2. The lowest BCUT2D eigenvalue weighted by molar-refractivity contribution is -0.141. The van der Waals surface area contributed by atoms with Crippen LogP contribution in [-0.2, 0) is 21.7 Å². The van der Waals surface area contributed by atoms with Crippen LogP contribution in [0.4, 0.5) is 0 Å². The molecule has 2 aliphatic carbocycles. The summed E-state index contributed by atoms with van der Waals surface area (Å²) in [7, 11) is 5.19. The minimum atomic E-state index is -0.438. The predicted octanol–water partition coefficient (Wildman–Crippen LogP) is 7.39. The zero-order valence-electron chi connectivity index (χ0n) is 26.3. The minimum Gasteiger partial charge on any atom is -0.508 e. The summed E-state index contributed by atoms with van der Waals surface area (Å²) in [5.41, 5.74) is 7.11. The highest BCUT2D eigenvalue weighted by molar-refractivity contribution is 8.76. The number of benzene rings is 3. The van der Waals surface area contributed by atoms with Crippen LogP contribution in [0.2, 0.25) is 0 Å². The summed E-state index contributed by atoms with van der Waals surface area (Å²) in [6, 6.07) is 12.0. The molecule has 3 aromatic rings. The molecule has 4 aliphatic rings. The molecule has 0 saturated heterocycles. The van der Waals surface area contributed by atoms with E-state index in [9.17, 15) is 15.0 Å². The first kappa shape index (κ1) is 31.4. The lowest BCUT2D eigenvalue weighted by Gasteiger charge is -2.30. The van der Waals surface area contributed by atoms with Gasteiger partial charge in [-0.15, -0.1) is 0 Å². The van der Waals surface area contributed by atoms with Gasteiger partial charge in [0.25, 0.3) is 0 Å². The van der Waals surface area contributed by atoms with Crippen molar-refractivity contribution in [2.75, 3.05) is 32.6 Å². The topological polar surface area (TPSA) is 106 Å². The van der Waals surface area contributed by atoms with Gasteiger partial charge in [-0.1, -0.05) is 53.0 Å². The van der Waals surface area contributed by atoms with Gasteiger partial charge in [0.2, 0.25) is 0 Å². The molecule has 3 atom stereocenters. The standard InChI is InChI=1S/C36H41NO7S2/c1-20(38)43-17-29-26-8-9-27-33-21(13-25(39)15-32(33)41-2)12-23-19-46-45-18-22-14-30(40)31(16-28(22)35(29)44-36(26)34(23)27)42-11-10-37-24-6-4-3-5-7-24/h8-9,13-16,23-24,29,35,37,39-40H,3-7,10-12,17-19H2,1-2H3/t23-,29+,35-/m1/s1. The van der Waals surface area contributed by atoms with Crippen LogP contribution in [0.15, 0.2) is 36.4 Å². The number of nitrogens with one attached hydrogen (secondary N) is 1. The molecule has 8 nitrogen and oxygen atoms in total. The number of ether oxygens (including phenoxy) is 4. The Hall–Kier alpha value is -3.21.